The van der Waals surface area contributed by atoms with E-state index in [0.29, 0.717) is 6.54 Å². The molecule has 0 aromatic carbocycles. The number of hydrogen-bond donors (Lipinski definition) is 1. The highest BCUT2D eigenvalue weighted by molar-refractivity contribution is 5.90. The summed E-state index contributed by atoms with van der Waals surface area (Å²) < 4.78 is 5.88. The second-order valence-electron chi connectivity index (χ2n) is 6.91. The van der Waals surface area contributed by atoms with Gasteiger partial charge in [0.25, 0.3) is 0 Å². The number of carbonyl (C=O) groups is 2. The Bertz CT molecular complexity index is 563. The molecule has 5 atom stereocenters. The number of carbonyl (C=O) groups excluding carboxylic acids is 1. The summed E-state index contributed by atoms with van der Waals surface area (Å²) in [4.78, 5) is 26.1. The molecule has 0 unspecified atom stereocenters. The van der Waals surface area contributed by atoms with E-state index in [1.165, 1.54) is 5.57 Å². The molecule has 3 aliphatic heterocycles. The summed E-state index contributed by atoms with van der Waals surface area (Å²) >= 11 is 0. The fourth-order valence-corrected chi connectivity index (χ4v) is 3.95. The van der Waals surface area contributed by atoms with Gasteiger partial charge in [-0.1, -0.05) is 23.8 Å². The zero-order chi connectivity index (χ0) is 16.1. The summed E-state index contributed by atoms with van der Waals surface area (Å²) in [6.07, 6.45) is 7.23. The van der Waals surface area contributed by atoms with E-state index in [0.717, 1.165) is 12.8 Å². The zero-order valence-corrected chi connectivity index (χ0v) is 13.3. The van der Waals surface area contributed by atoms with Crippen LogP contribution in [0.2, 0.25) is 0 Å². The number of carboxylic acids is 1. The van der Waals surface area contributed by atoms with Crippen LogP contribution < -0.4 is 0 Å². The monoisotopic (exact) mass is 305 g/mol. The number of amides is 1. The van der Waals surface area contributed by atoms with Crippen molar-refractivity contribution in [1.29, 1.82) is 0 Å². The van der Waals surface area contributed by atoms with Crippen LogP contribution in [0.3, 0.4) is 0 Å². The van der Waals surface area contributed by atoms with Crippen molar-refractivity contribution in [3.05, 3.63) is 23.8 Å². The van der Waals surface area contributed by atoms with Crippen LogP contribution in [-0.2, 0) is 14.3 Å². The number of carboxylic acid groups (broad SMARTS) is 1. The SMILES string of the molecule is CC(C)=CCC[C@@H](C)N1C[C@@]23C=C[C@@H](O2)[C@@H](C(=O)O)[C@@H]3C1=O. The van der Waals surface area contributed by atoms with Crippen LogP contribution >= 0.6 is 0 Å². The molecule has 0 radical (unpaired) electrons. The summed E-state index contributed by atoms with van der Waals surface area (Å²) in [5.41, 5.74) is 0.557. The molecule has 1 N–H and O–H groups in total. The molecule has 3 aliphatic rings. The highest BCUT2D eigenvalue weighted by Gasteiger charge is 2.67. The first-order valence-corrected chi connectivity index (χ1v) is 7.89. The lowest BCUT2D eigenvalue weighted by atomic mass is 9.77. The summed E-state index contributed by atoms with van der Waals surface area (Å²) in [6, 6.07) is 0.0913. The van der Waals surface area contributed by atoms with Gasteiger partial charge in [-0.2, -0.15) is 0 Å². The summed E-state index contributed by atoms with van der Waals surface area (Å²) in [5, 5.41) is 9.43. The summed E-state index contributed by atoms with van der Waals surface area (Å²) in [6.45, 7) is 6.62. The lowest BCUT2D eigenvalue weighted by Gasteiger charge is -2.27. The van der Waals surface area contributed by atoms with Crippen molar-refractivity contribution in [2.45, 2.75) is 51.4 Å². The zero-order valence-electron chi connectivity index (χ0n) is 13.3. The van der Waals surface area contributed by atoms with Gasteiger partial charge in [0.05, 0.1) is 18.6 Å². The lowest BCUT2D eigenvalue weighted by molar-refractivity contribution is -0.148. The minimum Gasteiger partial charge on any atom is -0.481 e. The Morgan fingerprint density at radius 3 is 2.95 bits per heavy atom. The van der Waals surface area contributed by atoms with Gasteiger partial charge >= 0.3 is 5.97 Å². The second kappa shape index (κ2) is 5.23. The number of likely N-dealkylation sites (tertiary alicyclic amines) is 1. The molecule has 2 saturated heterocycles. The van der Waals surface area contributed by atoms with Crippen molar-refractivity contribution >= 4 is 11.9 Å². The van der Waals surface area contributed by atoms with Crippen LogP contribution in [0.25, 0.3) is 0 Å². The average molecular weight is 305 g/mol. The number of rotatable bonds is 5. The maximum absolute atomic E-state index is 12.8. The van der Waals surface area contributed by atoms with Gasteiger partial charge in [0, 0.05) is 6.04 Å². The van der Waals surface area contributed by atoms with E-state index < -0.39 is 29.5 Å². The fourth-order valence-electron chi connectivity index (χ4n) is 3.95. The Labute approximate surface area is 130 Å². The van der Waals surface area contributed by atoms with Gasteiger partial charge in [-0.25, -0.2) is 0 Å². The van der Waals surface area contributed by atoms with Gasteiger partial charge < -0.3 is 14.7 Å². The standard InChI is InChI=1S/C17H23NO4/c1-10(2)5-4-6-11(3)18-9-17-8-7-12(22-17)13(16(20)21)14(17)15(18)19/h5,7-8,11-14H,4,6,9H2,1-3H3,(H,20,21)/t11-,12-,13-,14-,17-/m1/s1. The molecular formula is C17H23NO4. The maximum atomic E-state index is 12.8. The van der Waals surface area contributed by atoms with Gasteiger partial charge in [-0.05, 0) is 33.6 Å². The number of aliphatic carboxylic acids is 1. The van der Waals surface area contributed by atoms with Gasteiger partial charge in [-0.3, -0.25) is 9.59 Å². The summed E-state index contributed by atoms with van der Waals surface area (Å²) in [5.74, 6) is -2.31. The van der Waals surface area contributed by atoms with Crippen molar-refractivity contribution < 1.29 is 19.4 Å². The van der Waals surface area contributed by atoms with Crippen LogP contribution in [0, 0.1) is 11.8 Å². The van der Waals surface area contributed by atoms with Crippen LogP contribution in [0.5, 0.6) is 0 Å². The Kier molecular flexibility index (Phi) is 3.63. The van der Waals surface area contributed by atoms with Gasteiger partial charge in [0.1, 0.15) is 11.5 Å². The third-order valence-electron chi connectivity index (χ3n) is 5.08. The summed E-state index contributed by atoms with van der Waals surface area (Å²) in [7, 11) is 0. The predicted molar refractivity (Wildman–Crippen MR) is 81.2 cm³/mol. The molecule has 0 saturated carbocycles. The Morgan fingerprint density at radius 2 is 2.32 bits per heavy atom. The van der Waals surface area contributed by atoms with E-state index in [1.807, 2.05) is 17.9 Å². The molecule has 2 fully saturated rings. The van der Waals surface area contributed by atoms with Crippen molar-refractivity contribution in [2.24, 2.45) is 11.8 Å². The average Bonchev–Trinajstić information content (AvgIpc) is 3.06. The molecule has 0 aromatic rings. The van der Waals surface area contributed by atoms with Crippen molar-refractivity contribution in [3.63, 3.8) is 0 Å². The molecule has 1 amide bonds. The molecule has 5 heteroatoms. The molecule has 0 aromatic heterocycles. The molecule has 5 nitrogen and oxygen atoms in total. The Balaban J connectivity index is 1.76. The number of allylic oxidation sites excluding steroid dienone is 2. The topological polar surface area (TPSA) is 66.8 Å². The minimum absolute atomic E-state index is 0.0658. The van der Waals surface area contributed by atoms with Gasteiger partial charge in [-0.15, -0.1) is 0 Å². The first-order valence-electron chi connectivity index (χ1n) is 7.89. The maximum Gasteiger partial charge on any atom is 0.310 e. The van der Waals surface area contributed by atoms with E-state index in [4.69, 9.17) is 4.74 Å². The van der Waals surface area contributed by atoms with Crippen molar-refractivity contribution in [3.8, 4) is 0 Å². The number of ether oxygens (including phenoxy) is 1. The van der Waals surface area contributed by atoms with Crippen molar-refractivity contribution in [1.82, 2.24) is 4.90 Å². The second-order valence-corrected chi connectivity index (χ2v) is 6.91. The van der Waals surface area contributed by atoms with Crippen LogP contribution in [-0.4, -0.2) is 46.2 Å². The van der Waals surface area contributed by atoms with E-state index in [9.17, 15) is 14.7 Å². The largest absolute Gasteiger partial charge is 0.481 e. The first-order chi connectivity index (χ1) is 10.4. The van der Waals surface area contributed by atoms with E-state index in [2.05, 4.69) is 19.9 Å². The van der Waals surface area contributed by atoms with E-state index in [-0.39, 0.29) is 11.9 Å². The number of fused-ring (bicyclic) bond motifs is 1. The van der Waals surface area contributed by atoms with E-state index >= 15 is 0 Å². The Hall–Kier alpha value is -1.62. The van der Waals surface area contributed by atoms with Crippen LogP contribution in [0.4, 0.5) is 0 Å². The molecule has 3 rings (SSSR count). The molecule has 2 bridgehead atoms. The number of hydrogen-bond acceptors (Lipinski definition) is 3. The normalized spacial score (nSPS) is 36.6. The smallest absolute Gasteiger partial charge is 0.310 e. The quantitative estimate of drug-likeness (QED) is 0.789. The third kappa shape index (κ3) is 2.19. The molecule has 120 valence electrons. The highest BCUT2D eigenvalue weighted by atomic mass is 16.5. The molecular weight excluding hydrogens is 282 g/mol. The third-order valence-corrected chi connectivity index (χ3v) is 5.08. The molecule has 22 heavy (non-hydrogen) atoms. The first kappa shape index (κ1) is 15.3. The Morgan fingerprint density at radius 1 is 1.59 bits per heavy atom. The molecule has 1 spiro atoms. The number of nitrogens with zero attached hydrogens (tertiary/aromatic N) is 1. The fraction of sp³-hybridized carbons (Fsp3) is 0.647. The van der Waals surface area contributed by atoms with Crippen LogP contribution in [0.1, 0.15) is 33.6 Å². The molecule has 3 heterocycles. The minimum atomic E-state index is -0.936. The predicted octanol–water partition coefficient (Wildman–Crippen LogP) is 1.99. The van der Waals surface area contributed by atoms with Crippen molar-refractivity contribution in [2.75, 3.05) is 6.54 Å². The van der Waals surface area contributed by atoms with E-state index in [1.54, 1.807) is 6.08 Å². The van der Waals surface area contributed by atoms with Gasteiger partial charge in [0.2, 0.25) is 5.91 Å². The van der Waals surface area contributed by atoms with Gasteiger partial charge in [0.15, 0.2) is 0 Å². The highest BCUT2D eigenvalue weighted by Crippen LogP contribution is 2.52. The molecule has 0 aliphatic carbocycles. The lowest BCUT2D eigenvalue weighted by Crippen LogP contribution is -2.40. The van der Waals surface area contributed by atoms with Crippen LogP contribution in [0.15, 0.2) is 23.8 Å².